The second kappa shape index (κ2) is 6.43. The Morgan fingerprint density at radius 2 is 2.21 bits per heavy atom. The van der Waals surface area contributed by atoms with Crippen molar-refractivity contribution in [1.29, 1.82) is 0 Å². The molecule has 2 heterocycles. The fourth-order valence-corrected chi connectivity index (χ4v) is 2.91. The summed E-state index contributed by atoms with van der Waals surface area (Å²) in [6.07, 6.45) is 1.45. The van der Waals surface area contributed by atoms with Gasteiger partial charge in [-0.05, 0) is 29.7 Å². The average Bonchev–Trinajstić information content (AvgIpc) is 3.18. The SMILES string of the molecule is CC(=O)N1C[C@@H](c2ncn[nH]2)c2cc(C(=O)NCC(C)C)ccc21. The Hall–Kier alpha value is -2.70. The van der Waals surface area contributed by atoms with Crippen molar-refractivity contribution in [2.45, 2.75) is 26.7 Å². The van der Waals surface area contributed by atoms with Gasteiger partial charge in [0.25, 0.3) is 5.91 Å². The predicted octanol–water partition coefficient (Wildman–Crippen LogP) is 1.69. The number of carbonyl (C=O) groups is 2. The third-order valence-electron chi connectivity index (χ3n) is 4.14. The van der Waals surface area contributed by atoms with Crippen LogP contribution in [0.4, 0.5) is 5.69 Å². The molecule has 3 rings (SSSR count). The Morgan fingerprint density at radius 3 is 2.83 bits per heavy atom. The number of aromatic nitrogens is 3. The van der Waals surface area contributed by atoms with Gasteiger partial charge in [-0.1, -0.05) is 13.8 Å². The normalized spacial score (nSPS) is 16.3. The molecule has 24 heavy (non-hydrogen) atoms. The Kier molecular flexibility index (Phi) is 4.33. The molecule has 0 saturated carbocycles. The summed E-state index contributed by atoms with van der Waals surface area (Å²) in [6, 6.07) is 5.44. The van der Waals surface area contributed by atoms with E-state index in [0.29, 0.717) is 30.4 Å². The number of nitrogens with zero attached hydrogens (tertiary/aromatic N) is 3. The van der Waals surface area contributed by atoms with E-state index in [0.717, 1.165) is 11.3 Å². The molecule has 2 N–H and O–H groups in total. The zero-order valence-corrected chi connectivity index (χ0v) is 14.0. The van der Waals surface area contributed by atoms with Crippen molar-refractivity contribution < 1.29 is 9.59 Å². The van der Waals surface area contributed by atoms with Crippen LogP contribution >= 0.6 is 0 Å². The molecule has 2 amide bonds. The van der Waals surface area contributed by atoms with Crippen LogP contribution < -0.4 is 10.2 Å². The van der Waals surface area contributed by atoms with Crippen molar-refractivity contribution in [3.63, 3.8) is 0 Å². The van der Waals surface area contributed by atoms with E-state index in [4.69, 9.17) is 0 Å². The predicted molar refractivity (Wildman–Crippen MR) is 89.9 cm³/mol. The molecule has 0 bridgehead atoms. The van der Waals surface area contributed by atoms with E-state index in [9.17, 15) is 9.59 Å². The third-order valence-corrected chi connectivity index (χ3v) is 4.14. The first kappa shape index (κ1) is 16.2. The van der Waals surface area contributed by atoms with Crippen molar-refractivity contribution in [2.24, 2.45) is 5.92 Å². The highest BCUT2D eigenvalue weighted by Gasteiger charge is 2.34. The Morgan fingerprint density at radius 1 is 1.42 bits per heavy atom. The Labute approximate surface area is 140 Å². The molecule has 1 aromatic heterocycles. The van der Waals surface area contributed by atoms with Crippen LogP contribution in [0.5, 0.6) is 0 Å². The number of hydrogen-bond donors (Lipinski definition) is 2. The number of hydrogen-bond acceptors (Lipinski definition) is 4. The standard InChI is InChI=1S/C17H21N5O2/c1-10(2)7-18-17(24)12-4-5-15-13(6-12)14(8-22(15)11(3)23)16-19-9-20-21-16/h4-6,9-10,14H,7-8H2,1-3H3,(H,18,24)(H,19,20,21)/t14-/m1/s1. The van der Waals surface area contributed by atoms with E-state index in [-0.39, 0.29) is 17.7 Å². The van der Waals surface area contributed by atoms with Gasteiger partial charge in [-0.15, -0.1) is 0 Å². The number of rotatable bonds is 4. The van der Waals surface area contributed by atoms with Crippen molar-refractivity contribution in [3.8, 4) is 0 Å². The van der Waals surface area contributed by atoms with E-state index < -0.39 is 0 Å². The van der Waals surface area contributed by atoms with Crippen LogP contribution in [0.3, 0.4) is 0 Å². The number of fused-ring (bicyclic) bond motifs is 1. The summed E-state index contributed by atoms with van der Waals surface area (Å²) in [6.45, 7) is 6.76. The second-order valence-electron chi connectivity index (χ2n) is 6.43. The minimum Gasteiger partial charge on any atom is -0.352 e. The smallest absolute Gasteiger partial charge is 0.251 e. The summed E-state index contributed by atoms with van der Waals surface area (Å²) in [5.74, 6) is 0.835. The zero-order valence-electron chi connectivity index (χ0n) is 14.0. The Balaban J connectivity index is 1.94. The second-order valence-corrected chi connectivity index (χ2v) is 6.43. The van der Waals surface area contributed by atoms with Gasteiger partial charge in [-0.3, -0.25) is 14.7 Å². The van der Waals surface area contributed by atoms with Gasteiger partial charge in [0, 0.05) is 31.3 Å². The molecular weight excluding hydrogens is 306 g/mol. The van der Waals surface area contributed by atoms with E-state index in [1.165, 1.54) is 13.3 Å². The van der Waals surface area contributed by atoms with Crippen LogP contribution in [0, 0.1) is 5.92 Å². The number of anilines is 1. The highest BCUT2D eigenvalue weighted by atomic mass is 16.2. The van der Waals surface area contributed by atoms with E-state index in [1.807, 2.05) is 26.0 Å². The first-order valence-electron chi connectivity index (χ1n) is 8.03. The zero-order chi connectivity index (χ0) is 17.3. The van der Waals surface area contributed by atoms with Crippen molar-refractivity contribution >= 4 is 17.5 Å². The molecule has 126 valence electrons. The first-order chi connectivity index (χ1) is 11.5. The van der Waals surface area contributed by atoms with Crippen molar-refractivity contribution in [3.05, 3.63) is 41.5 Å². The largest absolute Gasteiger partial charge is 0.352 e. The van der Waals surface area contributed by atoms with Gasteiger partial charge in [-0.25, -0.2) is 4.98 Å². The van der Waals surface area contributed by atoms with Crippen LogP contribution in [0.15, 0.2) is 24.5 Å². The van der Waals surface area contributed by atoms with E-state index in [2.05, 4.69) is 20.5 Å². The minimum atomic E-state index is -0.107. The molecule has 7 nitrogen and oxygen atoms in total. The van der Waals surface area contributed by atoms with E-state index >= 15 is 0 Å². The molecular formula is C17H21N5O2. The van der Waals surface area contributed by atoms with Crippen LogP contribution in [0.2, 0.25) is 0 Å². The summed E-state index contributed by atoms with van der Waals surface area (Å²) >= 11 is 0. The maximum Gasteiger partial charge on any atom is 0.251 e. The van der Waals surface area contributed by atoms with Gasteiger partial charge in [0.2, 0.25) is 5.91 Å². The summed E-state index contributed by atoms with van der Waals surface area (Å²) in [5.41, 5.74) is 2.33. The summed E-state index contributed by atoms with van der Waals surface area (Å²) < 4.78 is 0. The topological polar surface area (TPSA) is 91.0 Å². The fourth-order valence-electron chi connectivity index (χ4n) is 2.91. The lowest BCUT2D eigenvalue weighted by molar-refractivity contribution is -0.116. The third kappa shape index (κ3) is 3.02. The molecule has 0 unspecified atom stereocenters. The molecule has 0 aliphatic carbocycles. The molecule has 0 saturated heterocycles. The molecule has 0 spiro atoms. The molecule has 1 aromatic carbocycles. The van der Waals surface area contributed by atoms with Crippen molar-refractivity contribution in [1.82, 2.24) is 20.5 Å². The number of amides is 2. The summed E-state index contributed by atoms with van der Waals surface area (Å²) in [5, 5.41) is 9.68. The van der Waals surface area contributed by atoms with E-state index in [1.54, 1.807) is 11.0 Å². The number of benzene rings is 1. The minimum absolute atomic E-state index is 0.0322. The van der Waals surface area contributed by atoms with Gasteiger partial charge in [0.15, 0.2) is 0 Å². The van der Waals surface area contributed by atoms with Gasteiger partial charge in [0.05, 0.1) is 5.92 Å². The number of H-pyrrole nitrogens is 1. The summed E-state index contributed by atoms with van der Waals surface area (Å²) in [4.78, 5) is 30.2. The average molecular weight is 327 g/mol. The van der Waals surface area contributed by atoms with Gasteiger partial charge < -0.3 is 10.2 Å². The highest BCUT2D eigenvalue weighted by Crippen LogP contribution is 2.39. The quantitative estimate of drug-likeness (QED) is 0.894. The fraction of sp³-hybridized carbons (Fsp3) is 0.412. The lowest BCUT2D eigenvalue weighted by Crippen LogP contribution is -2.27. The van der Waals surface area contributed by atoms with Crippen LogP contribution in [-0.2, 0) is 4.79 Å². The van der Waals surface area contributed by atoms with Crippen LogP contribution in [0.25, 0.3) is 0 Å². The maximum absolute atomic E-state index is 12.3. The molecule has 2 aromatic rings. The highest BCUT2D eigenvalue weighted by molar-refractivity contribution is 5.98. The maximum atomic E-state index is 12.3. The molecule has 1 aliphatic heterocycles. The monoisotopic (exact) mass is 327 g/mol. The van der Waals surface area contributed by atoms with Gasteiger partial charge >= 0.3 is 0 Å². The summed E-state index contributed by atoms with van der Waals surface area (Å²) in [7, 11) is 0. The molecule has 0 fully saturated rings. The number of carbonyl (C=O) groups excluding carboxylic acids is 2. The number of aromatic amines is 1. The van der Waals surface area contributed by atoms with Gasteiger partial charge in [0.1, 0.15) is 12.2 Å². The van der Waals surface area contributed by atoms with Crippen LogP contribution in [0.1, 0.15) is 48.4 Å². The number of nitrogens with one attached hydrogen (secondary N) is 2. The lowest BCUT2D eigenvalue weighted by Gasteiger charge is -2.15. The molecule has 1 aliphatic rings. The van der Waals surface area contributed by atoms with Crippen LogP contribution in [-0.4, -0.2) is 40.1 Å². The molecule has 1 atom stereocenters. The lowest BCUT2D eigenvalue weighted by atomic mass is 9.98. The van der Waals surface area contributed by atoms with Gasteiger partial charge in [-0.2, -0.15) is 5.10 Å². The molecule has 0 radical (unpaired) electrons. The molecule has 7 heteroatoms. The Bertz CT molecular complexity index is 754. The van der Waals surface area contributed by atoms with Crippen molar-refractivity contribution in [2.75, 3.05) is 18.0 Å². The first-order valence-corrected chi connectivity index (χ1v) is 8.03.